The van der Waals surface area contributed by atoms with Crippen LogP contribution in [0.15, 0.2) is 9.98 Å². The van der Waals surface area contributed by atoms with Crippen molar-refractivity contribution in [3.05, 3.63) is 0 Å². The van der Waals surface area contributed by atoms with Crippen molar-refractivity contribution in [2.75, 3.05) is 0 Å². The Hall–Kier alpha value is -0.234. The standard InChI is InChI=1S/C36H66N2O2.Co/c1-33(2,3)25-17-23(31(39)27(19-25)35(7,8)9)21-37-29-15-13-14-16-30(29)38-22-24-18-26(34(4,5)6)20-28(32(24)40)36(10,11)12;/h21-32,39-40H,13-20H2,1-12H3;/t23?,24?,25?,26?,27?,28?,29-,30-,31?,32?;/m0./s1. The third-order valence-electron chi connectivity index (χ3n) is 11.2. The van der Waals surface area contributed by atoms with E-state index in [1.165, 1.54) is 12.8 Å². The van der Waals surface area contributed by atoms with Crippen LogP contribution < -0.4 is 0 Å². The minimum Gasteiger partial charge on any atom is -0.392 e. The van der Waals surface area contributed by atoms with Crippen LogP contribution in [0.5, 0.6) is 0 Å². The minimum absolute atomic E-state index is 0. The van der Waals surface area contributed by atoms with Crippen LogP contribution in [0.2, 0.25) is 0 Å². The predicted molar refractivity (Wildman–Crippen MR) is 172 cm³/mol. The summed E-state index contributed by atoms with van der Waals surface area (Å²) in [6.07, 6.45) is 12.3. The Labute approximate surface area is 264 Å². The summed E-state index contributed by atoms with van der Waals surface area (Å²) >= 11 is 0. The summed E-state index contributed by atoms with van der Waals surface area (Å²) in [6.45, 7) is 27.8. The third kappa shape index (κ3) is 9.62. The first-order valence-corrected chi connectivity index (χ1v) is 16.6. The first-order chi connectivity index (χ1) is 18.2. The van der Waals surface area contributed by atoms with Crippen LogP contribution in [0.1, 0.15) is 134 Å². The van der Waals surface area contributed by atoms with Crippen molar-refractivity contribution >= 4 is 12.4 Å². The molecule has 3 aliphatic carbocycles. The number of hydrogen-bond donors (Lipinski definition) is 2. The molecule has 0 saturated heterocycles. The van der Waals surface area contributed by atoms with E-state index in [1.54, 1.807) is 0 Å². The van der Waals surface area contributed by atoms with Gasteiger partial charge in [-0.1, -0.05) is 95.9 Å². The number of hydrogen-bond acceptors (Lipinski definition) is 4. The van der Waals surface area contributed by atoms with Gasteiger partial charge in [0, 0.05) is 41.0 Å². The van der Waals surface area contributed by atoms with E-state index in [0.29, 0.717) is 11.8 Å². The van der Waals surface area contributed by atoms with Crippen molar-refractivity contribution in [1.82, 2.24) is 0 Å². The molecule has 3 aliphatic rings. The third-order valence-corrected chi connectivity index (χ3v) is 11.2. The van der Waals surface area contributed by atoms with Crippen molar-refractivity contribution in [2.24, 2.45) is 67.2 Å². The fourth-order valence-corrected chi connectivity index (χ4v) is 7.94. The zero-order valence-electron chi connectivity index (χ0n) is 28.7. The molecule has 41 heavy (non-hydrogen) atoms. The molecule has 3 rings (SSSR count). The molecule has 0 aromatic carbocycles. The van der Waals surface area contributed by atoms with Crippen LogP contribution in [0.25, 0.3) is 0 Å². The molecule has 0 aliphatic heterocycles. The van der Waals surface area contributed by atoms with Crippen LogP contribution in [-0.2, 0) is 16.8 Å². The second kappa shape index (κ2) is 13.8. The SMILES string of the molecule is CC(C)(C)C1CC(C=N[C@H]2CCCC[C@@H]2N=CC2CC(C(C)(C)C)CC(C(C)(C)C)C2O)C(O)C(C(C)(C)C)C1.[Co]. The van der Waals surface area contributed by atoms with Gasteiger partial charge in [0.2, 0.25) is 0 Å². The maximum absolute atomic E-state index is 11.5. The van der Waals surface area contributed by atoms with E-state index in [9.17, 15) is 10.2 Å². The molecule has 0 aromatic rings. The van der Waals surface area contributed by atoms with E-state index in [-0.39, 0.29) is 86.4 Å². The van der Waals surface area contributed by atoms with Gasteiger partial charge in [-0.3, -0.25) is 9.98 Å². The summed E-state index contributed by atoms with van der Waals surface area (Å²) in [5, 5.41) is 23.0. The first kappa shape index (κ1) is 37.0. The number of rotatable bonds is 4. The maximum atomic E-state index is 11.5. The zero-order chi connectivity index (χ0) is 30.3. The van der Waals surface area contributed by atoms with Crippen molar-refractivity contribution in [2.45, 2.75) is 159 Å². The number of aliphatic imine (C=N–C) groups is 2. The summed E-state index contributed by atoms with van der Waals surface area (Å²) in [5.41, 5.74) is 0.599. The molecule has 5 heteroatoms. The smallest absolute Gasteiger partial charge is 0.0719 e. The van der Waals surface area contributed by atoms with E-state index in [0.717, 1.165) is 38.5 Å². The summed E-state index contributed by atoms with van der Waals surface area (Å²) in [7, 11) is 0. The molecule has 3 saturated carbocycles. The van der Waals surface area contributed by atoms with Gasteiger partial charge >= 0.3 is 0 Å². The van der Waals surface area contributed by atoms with Gasteiger partial charge < -0.3 is 10.2 Å². The van der Waals surface area contributed by atoms with Gasteiger partial charge in [-0.05, 0) is 83.9 Å². The Morgan fingerprint density at radius 3 is 1.10 bits per heavy atom. The Kier molecular flexibility index (Phi) is 12.5. The molecule has 4 nitrogen and oxygen atoms in total. The predicted octanol–water partition coefficient (Wildman–Crippen LogP) is 8.63. The van der Waals surface area contributed by atoms with Crippen LogP contribution in [0.4, 0.5) is 0 Å². The summed E-state index contributed by atoms with van der Waals surface area (Å²) in [6, 6.07) is 0.357. The van der Waals surface area contributed by atoms with E-state index < -0.39 is 0 Å². The molecule has 241 valence electrons. The average Bonchev–Trinajstić information content (AvgIpc) is 2.80. The molecule has 0 aromatic heterocycles. The summed E-state index contributed by atoms with van der Waals surface area (Å²) < 4.78 is 0. The molecule has 8 unspecified atom stereocenters. The van der Waals surface area contributed by atoms with E-state index in [1.807, 2.05) is 0 Å². The Morgan fingerprint density at radius 1 is 0.512 bits per heavy atom. The van der Waals surface area contributed by atoms with Gasteiger partial charge in [0.1, 0.15) is 0 Å². The Bertz CT molecular complexity index is 800. The molecule has 0 heterocycles. The van der Waals surface area contributed by atoms with Gasteiger partial charge in [-0.2, -0.15) is 0 Å². The van der Waals surface area contributed by atoms with E-state index in [4.69, 9.17) is 9.98 Å². The van der Waals surface area contributed by atoms with Crippen LogP contribution in [0.3, 0.4) is 0 Å². The van der Waals surface area contributed by atoms with Gasteiger partial charge in [-0.15, -0.1) is 0 Å². The fourth-order valence-electron chi connectivity index (χ4n) is 7.94. The van der Waals surface area contributed by atoms with Gasteiger partial charge in [-0.25, -0.2) is 0 Å². The fraction of sp³-hybridized carbons (Fsp3) is 0.944. The van der Waals surface area contributed by atoms with Crippen molar-refractivity contribution in [1.29, 1.82) is 0 Å². The monoisotopic (exact) mass is 617 g/mol. The molecule has 0 amide bonds. The Balaban J connectivity index is 0.00000588. The molecule has 0 spiro atoms. The summed E-state index contributed by atoms with van der Waals surface area (Å²) in [4.78, 5) is 10.4. The molecule has 2 N–H and O–H groups in total. The largest absolute Gasteiger partial charge is 0.392 e. The van der Waals surface area contributed by atoms with Crippen molar-refractivity contribution in [3.8, 4) is 0 Å². The molecule has 10 atom stereocenters. The Morgan fingerprint density at radius 2 is 0.829 bits per heavy atom. The zero-order valence-corrected chi connectivity index (χ0v) is 29.7. The number of aliphatic hydroxyl groups excluding tert-OH is 2. The molecule has 1 radical (unpaired) electrons. The van der Waals surface area contributed by atoms with Crippen molar-refractivity contribution in [3.63, 3.8) is 0 Å². The first-order valence-electron chi connectivity index (χ1n) is 16.6. The van der Waals surface area contributed by atoms with Gasteiger partial charge in [0.25, 0.3) is 0 Å². The van der Waals surface area contributed by atoms with Gasteiger partial charge in [0.15, 0.2) is 0 Å². The quantitative estimate of drug-likeness (QED) is 0.310. The molecule has 0 bridgehead atoms. The van der Waals surface area contributed by atoms with Crippen LogP contribution >= 0.6 is 0 Å². The minimum atomic E-state index is -0.339. The summed E-state index contributed by atoms with van der Waals surface area (Å²) in [5.74, 6) is 1.93. The number of nitrogens with zero attached hydrogens (tertiary/aromatic N) is 2. The molecular weight excluding hydrogens is 551 g/mol. The van der Waals surface area contributed by atoms with Crippen LogP contribution in [0, 0.1) is 57.2 Å². The van der Waals surface area contributed by atoms with E-state index in [2.05, 4.69) is 95.5 Å². The molecule has 3 fully saturated rings. The van der Waals surface area contributed by atoms with Crippen molar-refractivity contribution < 1.29 is 27.0 Å². The maximum Gasteiger partial charge on any atom is 0.0719 e. The van der Waals surface area contributed by atoms with Gasteiger partial charge in [0.05, 0.1) is 24.3 Å². The number of aliphatic hydroxyl groups is 2. The second-order valence-corrected chi connectivity index (χ2v) is 18.3. The average molecular weight is 618 g/mol. The second-order valence-electron chi connectivity index (χ2n) is 18.3. The molecular formula is C36H66CoN2O2. The van der Waals surface area contributed by atoms with Crippen LogP contribution in [-0.4, -0.2) is 46.9 Å². The topological polar surface area (TPSA) is 65.2 Å². The van der Waals surface area contributed by atoms with E-state index >= 15 is 0 Å². The normalized spacial score (nSPS) is 38.3.